The summed E-state index contributed by atoms with van der Waals surface area (Å²) >= 11 is 1.39. The van der Waals surface area contributed by atoms with Crippen LogP contribution in [0, 0.1) is 13.8 Å². The van der Waals surface area contributed by atoms with Gasteiger partial charge in [0.1, 0.15) is 6.54 Å². The molecule has 0 spiro atoms. The molecule has 0 fully saturated rings. The van der Waals surface area contributed by atoms with E-state index >= 15 is 0 Å². The van der Waals surface area contributed by atoms with Crippen molar-refractivity contribution in [3.63, 3.8) is 0 Å². The molecule has 0 radical (unpaired) electrons. The summed E-state index contributed by atoms with van der Waals surface area (Å²) in [7, 11) is 0. The Kier molecular flexibility index (Phi) is 7.85. The highest BCUT2D eigenvalue weighted by atomic mass is 32.2. The standard InChI is InChI=1S/C21H27N3O2S/c1-5-16(3)24(21(26)14-27-20-11-6-7-12-22-20)13-19(25)23-18-10-8-9-15(2)17(18)4/h6-12,16H,5,13-14H2,1-4H3,(H,23,25)/t16-/m0/s1. The number of nitrogens with one attached hydrogen (secondary N) is 1. The molecule has 0 saturated heterocycles. The summed E-state index contributed by atoms with van der Waals surface area (Å²) in [5.41, 5.74) is 2.95. The van der Waals surface area contributed by atoms with Crippen molar-refractivity contribution >= 4 is 29.3 Å². The Morgan fingerprint density at radius 1 is 1.19 bits per heavy atom. The van der Waals surface area contributed by atoms with Gasteiger partial charge in [-0.05, 0) is 56.5 Å². The number of amides is 2. The number of thioether (sulfide) groups is 1. The molecular weight excluding hydrogens is 358 g/mol. The van der Waals surface area contributed by atoms with E-state index in [1.165, 1.54) is 11.8 Å². The fourth-order valence-electron chi connectivity index (χ4n) is 2.59. The molecule has 1 aromatic carbocycles. The molecular formula is C21H27N3O2S. The molecule has 5 nitrogen and oxygen atoms in total. The molecule has 1 aromatic heterocycles. The van der Waals surface area contributed by atoms with Gasteiger partial charge in [-0.15, -0.1) is 0 Å². The second-order valence-electron chi connectivity index (χ2n) is 6.53. The van der Waals surface area contributed by atoms with E-state index in [1.807, 2.05) is 64.1 Å². The SMILES string of the molecule is CC[C@H](C)N(CC(=O)Nc1cccc(C)c1C)C(=O)CSc1ccccn1. The number of benzene rings is 1. The van der Waals surface area contributed by atoms with E-state index in [-0.39, 0.29) is 30.2 Å². The Hall–Kier alpha value is -2.34. The Labute approximate surface area is 165 Å². The van der Waals surface area contributed by atoms with Crippen molar-refractivity contribution in [2.24, 2.45) is 0 Å². The molecule has 1 N–H and O–H groups in total. The highest BCUT2D eigenvalue weighted by molar-refractivity contribution is 7.99. The fraction of sp³-hybridized carbons (Fsp3) is 0.381. The predicted octanol–water partition coefficient (Wildman–Crippen LogP) is 4.06. The van der Waals surface area contributed by atoms with Crippen molar-refractivity contribution in [2.75, 3.05) is 17.6 Å². The highest BCUT2D eigenvalue weighted by Crippen LogP contribution is 2.19. The van der Waals surface area contributed by atoms with Crippen LogP contribution in [0.3, 0.4) is 0 Å². The predicted molar refractivity (Wildman–Crippen MR) is 111 cm³/mol. The summed E-state index contributed by atoms with van der Waals surface area (Å²) in [4.78, 5) is 31.2. The van der Waals surface area contributed by atoms with E-state index in [0.717, 1.165) is 28.3 Å². The van der Waals surface area contributed by atoms with Crippen LogP contribution in [0.5, 0.6) is 0 Å². The molecule has 1 atom stereocenters. The van der Waals surface area contributed by atoms with Gasteiger partial charge >= 0.3 is 0 Å². The summed E-state index contributed by atoms with van der Waals surface area (Å²) < 4.78 is 0. The van der Waals surface area contributed by atoms with Crippen LogP contribution >= 0.6 is 11.8 Å². The third kappa shape index (κ3) is 6.10. The van der Waals surface area contributed by atoms with Gasteiger partial charge < -0.3 is 10.2 Å². The van der Waals surface area contributed by atoms with E-state index in [9.17, 15) is 9.59 Å². The van der Waals surface area contributed by atoms with Crippen LogP contribution < -0.4 is 5.32 Å². The first-order chi connectivity index (χ1) is 12.9. The van der Waals surface area contributed by atoms with Crippen LogP contribution in [-0.2, 0) is 9.59 Å². The number of carbonyl (C=O) groups excluding carboxylic acids is 2. The van der Waals surface area contributed by atoms with Gasteiger partial charge in [-0.25, -0.2) is 4.98 Å². The molecule has 144 valence electrons. The van der Waals surface area contributed by atoms with E-state index < -0.39 is 0 Å². The van der Waals surface area contributed by atoms with Gasteiger partial charge in [-0.3, -0.25) is 9.59 Å². The van der Waals surface area contributed by atoms with Gasteiger partial charge in [-0.2, -0.15) is 0 Å². The molecule has 2 amide bonds. The number of rotatable bonds is 8. The first-order valence-corrected chi connectivity index (χ1v) is 10.1. The second kappa shape index (κ2) is 10.1. The number of aryl methyl sites for hydroxylation is 1. The van der Waals surface area contributed by atoms with Gasteiger partial charge in [0.05, 0.1) is 10.8 Å². The number of anilines is 1. The number of aromatic nitrogens is 1. The zero-order valence-electron chi connectivity index (χ0n) is 16.4. The zero-order valence-corrected chi connectivity index (χ0v) is 17.2. The van der Waals surface area contributed by atoms with E-state index in [4.69, 9.17) is 0 Å². The Morgan fingerprint density at radius 3 is 2.63 bits per heavy atom. The van der Waals surface area contributed by atoms with Crippen molar-refractivity contribution < 1.29 is 9.59 Å². The zero-order chi connectivity index (χ0) is 19.8. The number of nitrogens with zero attached hydrogens (tertiary/aromatic N) is 2. The highest BCUT2D eigenvalue weighted by Gasteiger charge is 2.22. The van der Waals surface area contributed by atoms with Crippen LogP contribution in [0.4, 0.5) is 5.69 Å². The number of carbonyl (C=O) groups is 2. The van der Waals surface area contributed by atoms with Gasteiger partial charge in [0.15, 0.2) is 0 Å². The maximum atomic E-state index is 12.7. The van der Waals surface area contributed by atoms with E-state index in [1.54, 1.807) is 11.1 Å². The lowest BCUT2D eigenvalue weighted by molar-refractivity contribution is -0.134. The lowest BCUT2D eigenvalue weighted by Gasteiger charge is -2.28. The molecule has 2 aromatic rings. The lowest BCUT2D eigenvalue weighted by Crippen LogP contribution is -2.44. The summed E-state index contributed by atoms with van der Waals surface area (Å²) in [6.45, 7) is 8.01. The van der Waals surface area contributed by atoms with Crippen molar-refractivity contribution in [2.45, 2.75) is 45.2 Å². The Bertz CT molecular complexity index is 780. The molecule has 1 heterocycles. The van der Waals surface area contributed by atoms with E-state index in [0.29, 0.717) is 0 Å². The smallest absolute Gasteiger partial charge is 0.244 e. The number of hydrogen-bond donors (Lipinski definition) is 1. The molecule has 0 bridgehead atoms. The van der Waals surface area contributed by atoms with Crippen LogP contribution in [0.25, 0.3) is 0 Å². The first kappa shape index (κ1) is 21.0. The molecule has 0 aliphatic carbocycles. The normalized spacial score (nSPS) is 11.7. The van der Waals surface area contributed by atoms with E-state index in [2.05, 4.69) is 10.3 Å². The maximum Gasteiger partial charge on any atom is 0.244 e. The third-order valence-corrected chi connectivity index (χ3v) is 5.55. The van der Waals surface area contributed by atoms with Crippen LogP contribution in [-0.4, -0.2) is 40.0 Å². The minimum absolute atomic E-state index is 0.00816. The van der Waals surface area contributed by atoms with Crippen LogP contribution in [0.1, 0.15) is 31.4 Å². The Morgan fingerprint density at radius 2 is 1.96 bits per heavy atom. The van der Waals surface area contributed by atoms with Gasteiger partial charge in [0.2, 0.25) is 11.8 Å². The average Bonchev–Trinajstić information content (AvgIpc) is 2.68. The Balaban J connectivity index is 2.01. The number of pyridine rings is 1. The van der Waals surface area contributed by atoms with Gasteiger partial charge in [-0.1, -0.05) is 36.9 Å². The molecule has 0 aliphatic heterocycles. The maximum absolute atomic E-state index is 12.7. The molecule has 6 heteroatoms. The molecule has 27 heavy (non-hydrogen) atoms. The largest absolute Gasteiger partial charge is 0.330 e. The minimum atomic E-state index is -0.180. The quantitative estimate of drug-likeness (QED) is 0.696. The lowest BCUT2D eigenvalue weighted by atomic mass is 10.1. The molecule has 0 saturated carbocycles. The van der Waals surface area contributed by atoms with Crippen molar-refractivity contribution in [1.29, 1.82) is 0 Å². The van der Waals surface area contributed by atoms with Crippen molar-refractivity contribution in [1.82, 2.24) is 9.88 Å². The third-order valence-electron chi connectivity index (χ3n) is 4.62. The fourth-order valence-corrected chi connectivity index (χ4v) is 3.34. The minimum Gasteiger partial charge on any atom is -0.330 e. The monoisotopic (exact) mass is 385 g/mol. The summed E-state index contributed by atoms with van der Waals surface area (Å²) in [5.74, 6) is 0.0225. The second-order valence-corrected chi connectivity index (χ2v) is 7.53. The first-order valence-electron chi connectivity index (χ1n) is 9.11. The molecule has 0 aliphatic rings. The van der Waals surface area contributed by atoms with Gasteiger partial charge in [0, 0.05) is 17.9 Å². The summed E-state index contributed by atoms with van der Waals surface area (Å²) in [6.07, 6.45) is 2.49. The summed E-state index contributed by atoms with van der Waals surface area (Å²) in [5, 5.41) is 3.74. The summed E-state index contributed by atoms with van der Waals surface area (Å²) in [6, 6.07) is 11.4. The molecule has 0 unspecified atom stereocenters. The van der Waals surface area contributed by atoms with Gasteiger partial charge in [0.25, 0.3) is 0 Å². The average molecular weight is 386 g/mol. The number of hydrogen-bond acceptors (Lipinski definition) is 4. The molecule has 2 rings (SSSR count). The van der Waals surface area contributed by atoms with Crippen LogP contribution in [0.15, 0.2) is 47.6 Å². The van der Waals surface area contributed by atoms with Crippen LogP contribution in [0.2, 0.25) is 0 Å². The van der Waals surface area contributed by atoms with Crippen molar-refractivity contribution in [3.05, 3.63) is 53.7 Å². The topological polar surface area (TPSA) is 62.3 Å². The van der Waals surface area contributed by atoms with Crippen molar-refractivity contribution in [3.8, 4) is 0 Å².